The van der Waals surface area contributed by atoms with Crippen molar-refractivity contribution in [3.05, 3.63) is 57.0 Å². The van der Waals surface area contributed by atoms with E-state index < -0.39 is 0 Å². The molecule has 0 bridgehead atoms. The molecule has 2 aromatic heterocycles. The summed E-state index contributed by atoms with van der Waals surface area (Å²) in [4.78, 5) is 16.7. The standard InChI is InChI=1S/C13H10ClN3OS2/c1-8-10(14)15-12-17(11(8)18)16-13(20-12)19-7-9-5-3-2-4-6-9/h2-6H,7H2,1H3. The molecule has 0 saturated carbocycles. The molecule has 2 heterocycles. The zero-order chi connectivity index (χ0) is 14.1. The molecule has 0 aliphatic heterocycles. The van der Waals surface area contributed by atoms with Crippen LogP contribution in [0.1, 0.15) is 11.1 Å². The lowest BCUT2D eigenvalue weighted by molar-refractivity contribution is 0.847. The number of benzene rings is 1. The molecule has 4 nitrogen and oxygen atoms in total. The van der Waals surface area contributed by atoms with Crippen molar-refractivity contribution in [3.63, 3.8) is 0 Å². The van der Waals surface area contributed by atoms with E-state index in [0.717, 1.165) is 10.1 Å². The molecule has 0 N–H and O–H groups in total. The van der Waals surface area contributed by atoms with Gasteiger partial charge in [0.15, 0.2) is 4.34 Å². The largest absolute Gasteiger partial charge is 0.279 e. The number of aromatic nitrogens is 3. The molecule has 0 aliphatic rings. The van der Waals surface area contributed by atoms with Crippen LogP contribution in [0.3, 0.4) is 0 Å². The summed E-state index contributed by atoms with van der Waals surface area (Å²) in [5, 5.41) is 4.54. The van der Waals surface area contributed by atoms with Crippen molar-refractivity contribution in [2.45, 2.75) is 17.0 Å². The molecule has 3 rings (SSSR count). The summed E-state index contributed by atoms with van der Waals surface area (Å²) in [6.07, 6.45) is 0. The average molecular weight is 324 g/mol. The number of halogens is 1. The Labute approximate surface area is 128 Å². The number of hydrogen-bond donors (Lipinski definition) is 0. The molecule has 3 aromatic rings. The topological polar surface area (TPSA) is 47.3 Å². The molecule has 7 heteroatoms. The highest BCUT2D eigenvalue weighted by atomic mass is 35.5. The van der Waals surface area contributed by atoms with Crippen LogP contribution >= 0.6 is 34.7 Å². The minimum atomic E-state index is -0.206. The number of hydrogen-bond acceptors (Lipinski definition) is 5. The van der Waals surface area contributed by atoms with Gasteiger partial charge in [-0.3, -0.25) is 4.79 Å². The minimum absolute atomic E-state index is 0.206. The molecule has 0 atom stereocenters. The van der Waals surface area contributed by atoms with Crippen LogP contribution in [0.25, 0.3) is 4.96 Å². The second-order valence-electron chi connectivity index (χ2n) is 4.17. The Kier molecular flexibility index (Phi) is 3.78. The van der Waals surface area contributed by atoms with E-state index in [2.05, 4.69) is 22.2 Å². The van der Waals surface area contributed by atoms with Gasteiger partial charge in [-0.05, 0) is 12.5 Å². The first-order valence-electron chi connectivity index (χ1n) is 5.88. The van der Waals surface area contributed by atoms with Crippen molar-refractivity contribution in [1.82, 2.24) is 14.6 Å². The van der Waals surface area contributed by atoms with Gasteiger partial charge in [0.2, 0.25) is 4.96 Å². The summed E-state index contributed by atoms with van der Waals surface area (Å²) in [6, 6.07) is 10.1. The fourth-order valence-electron chi connectivity index (χ4n) is 1.66. The van der Waals surface area contributed by atoms with E-state index in [1.165, 1.54) is 21.4 Å². The van der Waals surface area contributed by atoms with Crippen LogP contribution in [0.4, 0.5) is 0 Å². The van der Waals surface area contributed by atoms with Gasteiger partial charge in [-0.25, -0.2) is 4.98 Å². The molecule has 0 amide bonds. The van der Waals surface area contributed by atoms with E-state index >= 15 is 0 Å². The maximum atomic E-state index is 12.0. The fourth-order valence-corrected chi connectivity index (χ4v) is 3.76. The fraction of sp³-hybridized carbons (Fsp3) is 0.154. The summed E-state index contributed by atoms with van der Waals surface area (Å²) in [7, 11) is 0. The van der Waals surface area contributed by atoms with Gasteiger partial charge < -0.3 is 0 Å². The Morgan fingerprint density at radius 3 is 2.85 bits per heavy atom. The van der Waals surface area contributed by atoms with Crippen LogP contribution in [0, 0.1) is 6.92 Å². The first-order valence-corrected chi connectivity index (χ1v) is 8.06. The Morgan fingerprint density at radius 1 is 1.35 bits per heavy atom. The predicted molar refractivity (Wildman–Crippen MR) is 82.9 cm³/mol. The maximum absolute atomic E-state index is 12.0. The molecule has 0 saturated heterocycles. The van der Waals surface area contributed by atoms with Gasteiger partial charge >= 0.3 is 0 Å². The average Bonchev–Trinajstić information content (AvgIpc) is 2.87. The molecule has 0 spiro atoms. The second kappa shape index (κ2) is 5.55. The highest BCUT2D eigenvalue weighted by Crippen LogP contribution is 2.27. The molecule has 20 heavy (non-hydrogen) atoms. The predicted octanol–water partition coefficient (Wildman–Crippen LogP) is 3.41. The third-order valence-corrected chi connectivity index (χ3v) is 5.24. The van der Waals surface area contributed by atoms with E-state index in [-0.39, 0.29) is 10.7 Å². The molecule has 0 fully saturated rings. The Hall–Kier alpha value is -1.37. The highest BCUT2D eigenvalue weighted by molar-refractivity contribution is 8.00. The van der Waals surface area contributed by atoms with Crippen molar-refractivity contribution in [2.75, 3.05) is 0 Å². The van der Waals surface area contributed by atoms with Crippen LogP contribution in [0.2, 0.25) is 5.15 Å². The third-order valence-electron chi connectivity index (χ3n) is 2.76. The number of nitrogens with zero attached hydrogens (tertiary/aromatic N) is 3. The lowest BCUT2D eigenvalue weighted by Gasteiger charge is -1.96. The molecule has 102 valence electrons. The van der Waals surface area contributed by atoms with E-state index in [9.17, 15) is 4.79 Å². The SMILES string of the molecule is Cc1c(Cl)nc2sc(SCc3ccccc3)nn2c1=O. The van der Waals surface area contributed by atoms with Crippen molar-refractivity contribution < 1.29 is 0 Å². The molecule has 0 unspecified atom stereocenters. The lowest BCUT2D eigenvalue weighted by Crippen LogP contribution is -2.17. The van der Waals surface area contributed by atoms with Gasteiger partial charge in [0, 0.05) is 5.75 Å². The Balaban J connectivity index is 1.90. The normalized spacial score (nSPS) is 11.1. The van der Waals surface area contributed by atoms with Crippen molar-refractivity contribution >= 4 is 39.7 Å². The molecular weight excluding hydrogens is 314 g/mol. The summed E-state index contributed by atoms with van der Waals surface area (Å²) in [5.74, 6) is 0.808. The molecule has 1 aromatic carbocycles. The highest BCUT2D eigenvalue weighted by Gasteiger charge is 2.12. The lowest BCUT2D eigenvalue weighted by atomic mass is 10.2. The van der Waals surface area contributed by atoms with Crippen LogP contribution in [0.5, 0.6) is 0 Å². The number of rotatable bonds is 3. The van der Waals surface area contributed by atoms with Crippen LogP contribution < -0.4 is 5.56 Å². The van der Waals surface area contributed by atoms with Gasteiger partial charge in [-0.2, -0.15) is 4.52 Å². The van der Waals surface area contributed by atoms with Crippen molar-refractivity contribution in [2.24, 2.45) is 0 Å². The monoisotopic (exact) mass is 323 g/mol. The zero-order valence-corrected chi connectivity index (χ0v) is 12.9. The van der Waals surface area contributed by atoms with Crippen molar-refractivity contribution in [3.8, 4) is 0 Å². The zero-order valence-electron chi connectivity index (χ0n) is 10.5. The van der Waals surface area contributed by atoms with Crippen molar-refractivity contribution in [1.29, 1.82) is 0 Å². The summed E-state index contributed by atoms with van der Waals surface area (Å²) in [5.41, 5.74) is 1.43. The van der Waals surface area contributed by atoms with Crippen LogP contribution in [0.15, 0.2) is 39.5 Å². The van der Waals surface area contributed by atoms with Crippen LogP contribution in [-0.4, -0.2) is 14.6 Å². The second-order valence-corrected chi connectivity index (χ2v) is 6.71. The van der Waals surface area contributed by atoms with Crippen LogP contribution in [-0.2, 0) is 5.75 Å². The van der Waals surface area contributed by atoms with E-state index in [1.807, 2.05) is 18.2 Å². The number of fused-ring (bicyclic) bond motifs is 1. The molecule has 0 radical (unpaired) electrons. The van der Waals surface area contributed by atoms with Gasteiger partial charge in [-0.1, -0.05) is 65.0 Å². The van der Waals surface area contributed by atoms with Gasteiger partial charge in [0.25, 0.3) is 5.56 Å². The maximum Gasteiger partial charge on any atom is 0.279 e. The minimum Gasteiger partial charge on any atom is -0.267 e. The summed E-state index contributed by atoms with van der Waals surface area (Å²) >= 11 is 8.88. The smallest absolute Gasteiger partial charge is 0.267 e. The van der Waals surface area contributed by atoms with Gasteiger partial charge in [0.05, 0.1) is 5.56 Å². The molecular formula is C13H10ClN3OS2. The Bertz CT molecular complexity index is 814. The third kappa shape index (κ3) is 2.59. The molecule has 0 aliphatic carbocycles. The number of thioether (sulfide) groups is 1. The van der Waals surface area contributed by atoms with Gasteiger partial charge in [0.1, 0.15) is 5.15 Å². The summed E-state index contributed by atoms with van der Waals surface area (Å²) in [6.45, 7) is 1.65. The first kappa shape index (κ1) is 13.6. The Morgan fingerprint density at radius 2 is 2.10 bits per heavy atom. The van der Waals surface area contributed by atoms with E-state index in [1.54, 1.807) is 18.7 Å². The van der Waals surface area contributed by atoms with E-state index in [0.29, 0.717) is 10.5 Å². The summed E-state index contributed by atoms with van der Waals surface area (Å²) < 4.78 is 2.12. The quantitative estimate of drug-likeness (QED) is 0.547. The first-order chi connectivity index (χ1) is 9.65. The van der Waals surface area contributed by atoms with Gasteiger partial charge in [-0.15, -0.1) is 5.10 Å². The van der Waals surface area contributed by atoms with E-state index in [4.69, 9.17) is 11.6 Å².